The van der Waals surface area contributed by atoms with Gasteiger partial charge in [-0.25, -0.2) is 4.39 Å². The Morgan fingerprint density at radius 3 is 2.49 bits per heavy atom. The predicted octanol–water partition coefficient (Wildman–Crippen LogP) is 6.18. The molecule has 3 N–H and O–H groups in total. The fourth-order valence-electron chi connectivity index (χ4n) is 4.59. The quantitative estimate of drug-likeness (QED) is 0.333. The van der Waals surface area contributed by atoms with Crippen molar-refractivity contribution in [2.24, 2.45) is 5.73 Å². The third-order valence-corrected chi connectivity index (χ3v) is 6.33. The number of benzene rings is 3. The number of alkyl halides is 4. The van der Waals surface area contributed by atoms with Crippen LogP contribution in [0.25, 0.3) is 6.08 Å². The summed E-state index contributed by atoms with van der Waals surface area (Å²) in [6, 6.07) is 13.9. The van der Waals surface area contributed by atoms with Gasteiger partial charge in [0.15, 0.2) is 0 Å². The third kappa shape index (κ3) is 5.83. The van der Waals surface area contributed by atoms with E-state index in [1.165, 1.54) is 36.4 Å². The van der Waals surface area contributed by atoms with E-state index < -0.39 is 42.0 Å². The van der Waals surface area contributed by atoms with Gasteiger partial charge in [0.1, 0.15) is 11.6 Å². The normalized spacial score (nSPS) is 14.8. The van der Waals surface area contributed by atoms with Crippen molar-refractivity contribution in [3.8, 4) is 5.75 Å². The van der Waals surface area contributed by atoms with Crippen LogP contribution in [0.4, 0.5) is 22.0 Å². The number of ether oxygens (including phenoxy) is 1. The zero-order valence-electron chi connectivity index (χ0n) is 19.5. The minimum atomic E-state index is -4.68. The molecule has 194 valence electrons. The Balaban J connectivity index is 1.79. The van der Waals surface area contributed by atoms with Gasteiger partial charge in [0.05, 0.1) is 11.7 Å². The average molecular weight is 517 g/mol. The average Bonchev–Trinajstić information content (AvgIpc) is 2.86. The maximum atomic E-state index is 13.5. The van der Waals surface area contributed by atoms with E-state index in [4.69, 9.17) is 5.73 Å². The van der Waals surface area contributed by atoms with Crippen LogP contribution in [0.1, 0.15) is 56.6 Å². The SMILES string of the molecule is NC(=O)c1c(C(Cc2cccc(OC(F)(F)C(F)F)c2)C(O)c2ccc(F)cc2)ccc2c1C=CCC2. The van der Waals surface area contributed by atoms with Crippen molar-refractivity contribution in [3.05, 3.63) is 106 Å². The van der Waals surface area contributed by atoms with Crippen LogP contribution in [0.2, 0.25) is 0 Å². The number of hydrogen-bond donors (Lipinski definition) is 2. The van der Waals surface area contributed by atoms with Gasteiger partial charge in [-0.15, -0.1) is 0 Å². The minimum Gasteiger partial charge on any atom is -0.428 e. The highest BCUT2D eigenvalue weighted by Crippen LogP contribution is 2.39. The van der Waals surface area contributed by atoms with Gasteiger partial charge < -0.3 is 15.6 Å². The summed E-state index contributed by atoms with van der Waals surface area (Å²) in [5.41, 5.74) is 8.69. The molecule has 3 aromatic carbocycles. The smallest absolute Gasteiger partial charge is 0.428 e. The van der Waals surface area contributed by atoms with E-state index >= 15 is 0 Å². The predicted molar refractivity (Wildman–Crippen MR) is 128 cm³/mol. The van der Waals surface area contributed by atoms with E-state index in [1.807, 2.05) is 12.1 Å². The van der Waals surface area contributed by atoms with Gasteiger partial charge >= 0.3 is 12.5 Å². The molecule has 3 aromatic rings. The Hall–Kier alpha value is -3.72. The number of carbonyl (C=O) groups is 1. The van der Waals surface area contributed by atoms with Crippen LogP contribution in [0.5, 0.6) is 5.75 Å². The Kier molecular flexibility index (Phi) is 7.63. The molecule has 0 saturated carbocycles. The van der Waals surface area contributed by atoms with Crippen molar-refractivity contribution in [2.45, 2.75) is 43.8 Å². The van der Waals surface area contributed by atoms with Gasteiger partial charge in [-0.05, 0) is 71.3 Å². The molecule has 0 spiro atoms. The molecular formula is C28H24F5NO3. The van der Waals surface area contributed by atoms with Crippen molar-refractivity contribution >= 4 is 12.0 Å². The number of halogens is 5. The number of carbonyl (C=O) groups excluding carboxylic acids is 1. The van der Waals surface area contributed by atoms with Crippen molar-refractivity contribution < 1.29 is 36.6 Å². The number of amides is 1. The number of aliphatic hydroxyl groups excluding tert-OH is 1. The summed E-state index contributed by atoms with van der Waals surface area (Å²) in [5, 5.41) is 11.4. The van der Waals surface area contributed by atoms with E-state index in [0.717, 1.165) is 18.1 Å². The molecule has 1 aliphatic rings. The third-order valence-electron chi connectivity index (χ3n) is 6.33. The molecule has 0 heterocycles. The van der Waals surface area contributed by atoms with Gasteiger partial charge in [0.2, 0.25) is 5.91 Å². The molecule has 0 radical (unpaired) electrons. The summed E-state index contributed by atoms with van der Waals surface area (Å²) in [5.74, 6) is -2.53. The largest absolute Gasteiger partial charge is 0.461 e. The van der Waals surface area contributed by atoms with Gasteiger partial charge in [0.25, 0.3) is 0 Å². The summed E-state index contributed by atoms with van der Waals surface area (Å²) in [6.07, 6.45) is -4.76. The molecule has 0 saturated heterocycles. The fraction of sp³-hybridized carbons (Fsp3) is 0.250. The molecule has 0 aliphatic heterocycles. The lowest BCUT2D eigenvalue weighted by molar-refractivity contribution is -0.253. The van der Waals surface area contributed by atoms with E-state index in [9.17, 15) is 31.9 Å². The number of primary amides is 1. The van der Waals surface area contributed by atoms with Gasteiger partial charge in [-0.1, -0.05) is 48.6 Å². The zero-order chi connectivity index (χ0) is 26.7. The second kappa shape index (κ2) is 10.7. The van der Waals surface area contributed by atoms with E-state index in [0.29, 0.717) is 28.7 Å². The summed E-state index contributed by atoms with van der Waals surface area (Å²) >= 11 is 0. The Morgan fingerprint density at radius 2 is 1.81 bits per heavy atom. The fourth-order valence-corrected chi connectivity index (χ4v) is 4.59. The molecule has 0 aromatic heterocycles. The Bertz CT molecular complexity index is 1310. The molecule has 2 atom stereocenters. The first-order chi connectivity index (χ1) is 17.6. The van der Waals surface area contributed by atoms with Crippen LogP contribution in [-0.4, -0.2) is 23.5 Å². The topological polar surface area (TPSA) is 72.6 Å². The van der Waals surface area contributed by atoms with Crippen LogP contribution in [0.15, 0.2) is 66.7 Å². The van der Waals surface area contributed by atoms with Gasteiger partial charge in [-0.3, -0.25) is 4.79 Å². The van der Waals surface area contributed by atoms with Crippen molar-refractivity contribution in [3.63, 3.8) is 0 Å². The molecule has 0 fully saturated rings. The number of fused-ring (bicyclic) bond motifs is 1. The maximum absolute atomic E-state index is 13.5. The van der Waals surface area contributed by atoms with E-state index in [2.05, 4.69) is 4.74 Å². The zero-order valence-corrected chi connectivity index (χ0v) is 19.5. The first-order valence-electron chi connectivity index (χ1n) is 11.6. The lowest BCUT2D eigenvalue weighted by atomic mass is 9.79. The second-order valence-electron chi connectivity index (χ2n) is 8.83. The summed E-state index contributed by atoms with van der Waals surface area (Å²) < 4.78 is 70.0. The molecule has 4 nitrogen and oxygen atoms in total. The van der Waals surface area contributed by atoms with Crippen LogP contribution in [0.3, 0.4) is 0 Å². The Morgan fingerprint density at radius 1 is 1.08 bits per heavy atom. The highest BCUT2D eigenvalue weighted by molar-refractivity contribution is 5.99. The number of hydrogen-bond acceptors (Lipinski definition) is 3. The molecule has 9 heteroatoms. The molecule has 2 unspecified atom stereocenters. The van der Waals surface area contributed by atoms with Crippen molar-refractivity contribution in [1.29, 1.82) is 0 Å². The minimum absolute atomic E-state index is 0.00122. The van der Waals surface area contributed by atoms with Crippen molar-refractivity contribution in [1.82, 2.24) is 0 Å². The molecule has 0 bridgehead atoms. The summed E-state index contributed by atoms with van der Waals surface area (Å²) in [4.78, 5) is 12.6. The molecule has 37 heavy (non-hydrogen) atoms. The van der Waals surface area contributed by atoms with Gasteiger partial charge in [0, 0.05) is 5.92 Å². The highest BCUT2D eigenvalue weighted by atomic mass is 19.3. The number of aliphatic hydroxyl groups is 1. The first kappa shape index (κ1) is 26.3. The van der Waals surface area contributed by atoms with E-state index in [-0.39, 0.29) is 12.0 Å². The maximum Gasteiger partial charge on any atom is 0.461 e. The summed E-state index contributed by atoms with van der Waals surface area (Å²) in [7, 11) is 0. The number of rotatable bonds is 9. The van der Waals surface area contributed by atoms with Crippen LogP contribution in [-0.2, 0) is 12.8 Å². The summed E-state index contributed by atoms with van der Waals surface area (Å²) in [6.45, 7) is 0. The monoisotopic (exact) mass is 517 g/mol. The lowest BCUT2D eigenvalue weighted by Crippen LogP contribution is -2.33. The second-order valence-corrected chi connectivity index (χ2v) is 8.83. The standard InChI is InChI=1S/C28H24F5NO3/c29-19-11-8-18(9-12-19)25(35)23(15-16-4-3-6-20(14-16)37-28(32,33)27(30)31)22-13-10-17-5-1-2-7-21(17)24(22)26(34)36/h2-4,6-14,23,25,27,35H,1,5,15H2,(H2,34,36). The van der Waals surface area contributed by atoms with E-state index in [1.54, 1.807) is 18.2 Å². The molecular weight excluding hydrogens is 493 g/mol. The Labute approximate surface area is 210 Å². The van der Waals surface area contributed by atoms with Crippen LogP contribution in [0, 0.1) is 5.82 Å². The van der Waals surface area contributed by atoms with Crippen LogP contribution >= 0.6 is 0 Å². The lowest BCUT2D eigenvalue weighted by Gasteiger charge is -2.28. The number of aryl methyl sites for hydroxylation is 1. The number of allylic oxidation sites excluding steroid dienone is 1. The highest BCUT2D eigenvalue weighted by Gasteiger charge is 2.44. The molecule has 4 rings (SSSR count). The molecule has 1 amide bonds. The van der Waals surface area contributed by atoms with Gasteiger partial charge in [-0.2, -0.15) is 17.6 Å². The molecule has 1 aliphatic carbocycles. The van der Waals surface area contributed by atoms with Crippen molar-refractivity contribution in [2.75, 3.05) is 0 Å². The number of nitrogens with two attached hydrogens (primary N) is 1. The van der Waals surface area contributed by atoms with Crippen LogP contribution < -0.4 is 10.5 Å². The first-order valence-corrected chi connectivity index (χ1v) is 11.6.